The molecule has 71 valence electrons. The van der Waals surface area contributed by atoms with E-state index >= 15 is 0 Å². The fourth-order valence-electron chi connectivity index (χ4n) is 1.11. The van der Waals surface area contributed by atoms with E-state index in [-0.39, 0.29) is 0 Å². The molecule has 0 saturated heterocycles. The summed E-state index contributed by atoms with van der Waals surface area (Å²) < 4.78 is 0. The highest BCUT2D eigenvalue weighted by Crippen LogP contribution is 2.09. The maximum Gasteiger partial charge on any atom is 0.0364 e. The molecule has 1 aromatic carbocycles. The van der Waals surface area contributed by atoms with Crippen LogP contribution in [0.15, 0.2) is 24.3 Å². The van der Waals surface area contributed by atoms with Crippen LogP contribution in [0.4, 0.5) is 5.69 Å². The molecule has 0 N–H and O–H groups in total. The molecular formula is C11H17N2. The summed E-state index contributed by atoms with van der Waals surface area (Å²) in [6.45, 7) is 2.13. The third kappa shape index (κ3) is 3.47. The van der Waals surface area contributed by atoms with Gasteiger partial charge in [-0.1, -0.05) is 12.1 Å². The smallest absolute Gasteiger partial charge is 0.0364 e. The molecule has 0 aliphatic carbocycles. The van der Waals surface area contributed by atoms with Crippen molar-refractivity contribution in [2.75, 3.05) is 39.1 Å². The standard InChI is InChI=1S/C11H17N2/c1-12(2)9-10-13(3)11-7-5-4-6-8-11/h5-8H,9-10H2,1-3H3. The lowest BCUT2D eigenvalue weighted by Crippen LogP contribution is -2.28. The average Bonchev–Trinajstić information content (AvgIpc) is 2.15. The summed E-state index contributed by atoms with van der Waals surface area (Å²) in [5, 5.41) is 0. The second-order valence-electron chi connectivity index (χ2n) is 3.48. The van der Waals surface area contributed by atoms with Gasteiger partial charge < -0.3 is 9.80 Å². The van der Waals surface area contributed by atoms with E-state index in [0.29, 0.717) is 0 Å². The number of hydrogen-bond donors (Lipinski definition) is 0. The summed E-state index contributed by atoms with van der Waals surface area (Å²) in [6.07, 6.45) is 0. The van der Waals surface area contributed by atoms with Gasteiger partial charge in [-0.3, -0.25) is 0 Å². The third-order valence-corrected chi connectivity index (χ3v) is 2.02. The van der Waals surface area contributed by atoms with Crippen molar-refractivity contribution in [1.29, 1.82) is 0 Å². The number of anilines is 1. The Bertz CT molecular complexity index is 231. The molecule has 0 atom stereocenters. The zero-order valence-electron chi connectivity index (χ0n) is 8.62. The average molecular weight is 177 g/mol. The van der Waals surface area contributed by atoms with Crippen molar-refractivity contribution in [2.45, 2.75) is 0 Å². The van der Waals surface area contributed by atoms with Crippen molar-refractivity contribution in [2.24, 2.45) is 0 Å². The van der Waals surface area contributed by atoms with Crippen LogP contribution in [0.25, 0.3) is 0 Å². The second-order valence-corrected chi connectivity index (χ2v) is 3.48. The van der Waals surface area contributed by atoms with Crippen LogP contribution in [0.1, 0.15) is 0 Å². The van der Waals surface area contributed by atoms with Crippen LogP contribution in [0, 0.1) is 6.07 Å². The Kier molecular flexibility index (Phi) is 3.77. The van der Waals surface area contributed by atoms with Gasteiger partial charge in [0.2, 0.25) is 0 Å². The minimum absolute atomic E-state index is 1.05. The Morgan fingerprint density at radius 3 is 2.23 bits per heavy atom. The van der Waals surface area contributed by atoms with Gasteiger partial charge in [-0.2, -0.15) is 0 Å². The largest absolute Gasteiger partial charge is 0.373 e. The van der Waals surface area contributed by atoms with Crippen molar-refractivity contribution in [3.05, 3.63) is 30.3 Å². The Morgan fingerprint density at radius 1 is 1.08 bits per heavy atom. The van der Waals surface area contributed by atoms with Crippen LogP contribution >= 0.6 is 0 Å². The summed E-state index contributed by atoms with van der Waals surface area (Å²) in [7, 11) is 6.29. The molecule has 0 fully saturated rings. The van der Waals surface area contributed by atoms with E-state index in [1.54, 1.807) is 0 Å². The Morgan fingerprint density at radius 2 is 1.69 bits per heavy atom. The van der Waals surface area contributed by atoms with E-state index < -0.39 is 0 Å². The summed E-state index contributed by atoms with van der Waals surface area (Å²) in [5.41, 5.74) is 1.25. The van der Waals surface area contributed by atoms with Gasteiger partial charge in [0.25, 0.3) is 0 Å². The van der Waals surface area contributed by atoms with Crippen molar-refractivity contribution in [3.8, 4) is 0 Å². The molecule has 0 spiro atoms. The van der Waals surface area contributed by atoms with Gasteiger partial charge in [-0.05, 0) is 32.3 Å². The van der Waals surface area contributed by atoms with Gasteiger partial charge >= 0.3 is 0 Å². The van der Waals surface area contributed by atoms with Crippen LogP contribution in [0.2, 0.25) is 0 Å². The van der Waals surface area contributed by atoms with Crippen molar-refractivity contribution < 1.29 is 0 Å². The lowest BCUT2D eigenvalue weighted by Gasteiger charge is -2.21. The molecule has 1 aromatic rings. The minimum Gasteiger partial charge on any atom is -0.373 e. The summed E-state index contributed by atoms with van der Waals surface area (Å²) in [6, 6.07) is 11.1. The molecule has 0 heterocycles. The molecule has 2 nitrogen and oxygen atoms in total. The molecule has 13 heavy (non-hydrogen) atoms. The lowest BCUT2D eigenvalue weighted by atomic mass is 10.3. The van der Waals surface area contributed by atoms with E-state index in [1.165, 1.54) is 5.69 Å². The van der Waals surface area contributed by atoms with Crippen molar-refractivity contribution in [1.82, 2.24) is 4.90 Å². The van der Waals surface area contributed by atoms with Crippen LogP contribution in [0.5, 0.6) is 0 Å². The quantitative estimate of drug-likeness (QED) is 0.687. The Labute approximate surface area is 80.8 Å². The maximum atomic E-state index is 3.02. The molecule has 0 amide bonds. The molecular weight excluding hydrogens is 160 g/mol. The summed E-state index contributed by atoms with van der Waals surface area (Å²) in [5.74, 6) is 0. The zero-order valence-corrected chi connectivity index (χ0v) is 8.62. The summed E-state index contributed by atoms with van der Waals surface area (Å²) in [4.78, 5) is 4.43. The number of likely N-dealkylation sites (N-methyl/N-ethyl adjacent to an activating group) is 2. The van der Waals surface area contributed by atoms with E-state index in [9.17, 15) is 0 Å². The monoisotopic (exact) mass is 177 g/mol. The van der Waals surface area contributed by atoms with E-state index in [2.05, 4.69) is 49.1 Å². The third-order valence-electron chi connectivity index (χ3n) is 2.02. The van der Waals surface area contributed by atoms with Gasteiger partial charge in [0.1, 0.15) is 0 Å². The lowest BCUT2D eigenvalue weighted by molar-refractivity contribution is 0.416. The van der Waals surface area contributed by atoms with Crippen LogP contribution < -0.4 is 4.90 Å². The van der Waals surface area contributed by atoms with E-state index in [4.69, 9.17) is 0 Å². The molecule has 0 aliphatic heterocycles. The number of hydrogen-bond acceptors (Lipinski definition) is 2. The predicted octanol–water partition coefficient (Wildman–Crippen LogP) is 1.48. The molecule has 0 saturated carbocycles. The fourth-order valence-corrected chi connectivity index (χ4v) is 1.11. The number of nitrogens with zero attached hydrogens (tertiary/aromatic N) is 2. The molecule has 1 radical (unpaired) electrons. The molecule has 0 aromatic heterocycles. The normalized spacial score (nSPS) is 10.5. The van der Waals surface area contributed by atoms with Crippen LogP contribution in [-0.2, 0) is 0 Å². The predicted molar refractivity (Wildman–Crippen MR) is 57.1 cm³/mol. The highest BCUT2D eigenvalue weighted by atomic mass is 15.1. The van der Waals surface area contributed by atoms with Crippen molar-refractivity contribution >= 4 is 5.69 Å². The summed E-state index contributed by atoms with van der Waals surface area (Å²) >= 11 is 0. The maximum absolute atomic E-state index is 3.02. The first kappa shape index (κ1) is 10.1. The van der Waals surface area contributed by atoms with Crippen LogP contribution in [0.3, 0.4) is 0 Å². The van der Waals surface area contributed by atoms with Gasteiger partial charge in [-0.25, -0.2) is 0 Å². The van der Waals surface area contributed by atoms with Gasteiger partial charge in [0.15, 0.2) is 0 Å². The first-order chi connectivity index (χ1) is 6.20. The van der Waals surface area contributed by atoms with Gasteiger partial charge in [0, 0.05) is 25.8 Å². The van der Waals surface area contributed by atoms with Gasteiger partial charge in [0.05, 0.1) is 0 Å². The Hall–Kier alpha value is -1.02. The molecule has 0 bridgehead atoms. The zero-order chi connectivity index (χ0) is 9.68. The molecule has 0 aliphatic rings. The van der Waals surface area contributed by atoms with Gasteiger partial charge in [-0.15, -0.1) is 0 Å². The van der Waals surface area contributed by atoms with E-state index in [0.717, 1.165) is 13.1 Å². The molecule has 0 unspecified atom stereocenters. The van der Waals surface area contributed by atoms with E-state index in [1.807, 2.05) is 12.1 Å². The topological polar surface area (TPSA) is 6.48 Å². The second kappa shape index (κ2) is 4.87. The molecule has 2 heteroatoms. The number of rotatable bonds is 4. The highest BCUT2D eigenvalue weighted by molar-refractivity contribution is 5.44. The Balaban J connectivity index is 2.44. The van der Waals surface area contributed by atoms with Crippen LogP contribution in [-0.4, -0.2) is 39.1 Å². The SMILES string of the molecule is CN(C)CCN(C)c1cc[c]cc1. The van der Waals surface area contributed by atoms with Crippen molar-refractivity contribution in [3.63, 3.8) is 0 Å². The minimum atomic E-state index is 1.05. The first-order valence-electron chi connectivity index (χ1n) is 4.52. The highest BCUT2D eigenvalue weighted by Gasteiger charge is 1.99. The number of benzene rings is 1. The fraction of sp³-hybridized carbons (Fsp3) is 0.455. The molecule has 1 rings (SSSR count). The first-order valence-corrected chi connectivity index (χ1v) is 4.52.